The van der Waals surface area contributed by atoms with E-state index in [1.807, 2.05) is 18.2 Å². The highest BCUT2D eigenvalue weighted by atomic mass is 16.6. The first kappa shape index (κ1) is 18.6. The molecule has 0 aliphatic rings. The Kier molecular flexibility index (Phi) is 5.66. The summed E-state index contributed by atoms with van der Waals surface area (Å²) < 4.78 is 10.9. The van der Waals surface area contributed by atoms with Crippen LogP contribution in [0.2, 0.25) is 0 Å². The molecule has 0 radical (unpaired) electrons. The van der Waals surface area contributed by atoms with E-state index in [-0.39, 0.29) is 23.6 Å². The minimum Gasteiger partial charge on any atom is -0.872 e. The Labute approximate surface area is 159 Å². The molecule has 2 aromatic carbocycles. The number of non-ortho nitro benzene ring substituents is 1. The minimum atomic E-state index is -0.639. The maximum atomic E-state index is 12.0. The monoisotopic (exact) mass is 380 g/mol. The lowest BCUT2D eigenvalue weighted by molar-refractivity contribution is -0.385. The number of hydrazone groups is 1. The van der Waals surface area contributed by atoms with Gasteiger partial charge in [0.25, 0.3) is 5.69 Å². The van der Waals surface area contributed by atoms with Crippen LogP contribution in [-0.2, 0) is 6.61 Å². The van der Waals surface area contributed by atoms with Gasteiger partial charge in [0.1, 0.15) is 18.1 Å². The molecule has 0 saturated heterocycles. The van der Waals surface area contributed by atoms with Crippen LogP contribution in [0.5, 0.6) is 11.5 Å². The van der Waals surface area contributed by atoms with Crippen molar-refractivity contribution in [1.29, 1.82) is 0 Å². The van der Waals surface area contributed by atoms with Crippen molar-refractivity contribution in [1.82, 2.24) is 5.43 Å². The molecule has 0 spiro atoms. The Hall–Kier alpha value is -4.14. The fourth-order valence-electron chi connectivity index (χ4n) is 2.21. The molecule has 142 valence electrons. The van der Waals surface area contributed by atoms with E-state index in [9.17, 15) is 20.0 Å². The van der Waals surface area contributed by atoms with Gasteiger partial charge in [0.15, 0.2) is 5.76 Å². The molecule has 1 aromatic heterocycles. The number of rotatable bonds is 7. The number of nitrogens with one attached hydrogen (secondary N) is 1. The van der Waals surface area contributed by atoms with E-state index < -0.39 is 16.6 Å². The Morgan fingerprint density at radius 1 is 1.18 bits per heavy atom. The van der Waals surface area contributed by atoms with Gasteiger partial charge in [-0.15, -0.1) is 0 Å². The number of amides is 1. The summed E-state index contributed by atoms with van der Waals surface area (Å²) in [6.45, 7) is 0.147. The third-order valence-corrected chi connectivity index (χ3v) is 3.58. The van der Waals surface area contributed by atoms with E-state index in [0.29, 0.717) is 11.5 Å². The van der Waals surface area contributed by atoms with Gasteiger partial charge < -0.3 is 14.3 Å². The molecule has 0 atom stereocenters. The summed E-state index contributed by atoms with van der Waals surface area (Å²) in [5.41, 5.74) is 1.93. The summed E-state index contributed by atoms with van der Waals surface area (Å²) in [6.07, 6.45) is 1.04. The molecule has 0 aliphatic heterocycles. The van der Waals surface area contributed by atoms with Crippen LogP contribution in [0.3, 0.4) is 0 Å². The maximum absolute atomic E-state index is 12.0. The van der Waals surface area contributed by atoms with Gasteiger partial charge in [0.05, 0.1) is 11.1 Å². The number of nitrogens with zero attached hydrogens (tertiary/aromatic N) is 2. The summed E-state index contributed by atoms with van der Waals surface area (Å²) in [6, 6.07) is 15.4. The first-order valence-electron chi connectivity index (χ1n) is 8.08. The number of furan rings is 1. The third-order valence-electron chi connectivity index (χ3n) is 3.58. The average Bonchev–Trinajstić information content (AvgIpc) is 3.17. The number of carbonyl (C=O) groups is 1. The number of para-hydroxylation sites is 1. The molecule has 1 N–H and O–H groups in total. The predicted octanol–water partition coefficient (Wildman–Crippen LogP) is 2.60. The molecule has 0 saturated carbocycles. The summed E-state index contributed by atoms with van der Waals surface area (Å²) in [4.78, 5) is 22.2. The Morgan fingerprint density at radius 3 is 2.71 bits per heavy atom. The van der Waals surface area contributed by atoms with Crippen molar-refractivity contribution in [2.75, 3.05) is 0 Å². The van der Waals surface area contributed by atoms with Crippen molar-refractivity contribution in [2.45, 2.75) is 6.61 Å². The number of nitro benzene ring substituents is 1. The lowest BCUT2D eigenvalue weighted by Gasteiger charge is -2.08. The quantitative estimate of drug-likeness (QED) is 0.381. The zero-order valence-electron chi connectivity index (χ0n) is 14.4. The number of hydrogen-bond donors (Lipinski definition) is 1. The summed E-state index contributed by atoms with van der Waals surface area (Å²) in [7, 11) is 0. The standard InChI is InChI=1S/C19H15N3O6/c23-17-8-6-14(22(25)26)10-13(17)11-20-21-19(24)18-9-7-16(28-18)12-27-15-4-2-1-3-5-15/h1-11,23H,12H2,(H,21,24)/p-1/b20-11-. The van der Waals surface area contributed by atoms with Gasteiger partial charge in [-0.3, -0.25) is 14.9 Å². The Bertz CT molecular complexity index is 1010. The average molecular weight is 380 g/mol. The van der Waals surface area contributed by atoms with Crippen molar-refractivity contribution < 1.29 is 24.0 Å². The lowest BCUT2D eigenvalue weighted by atomic mass is 10.2. The van der Waals surface area contributed by atoms with Crippen LogP contribution in [0.1, 0.15) is 21.9 Å². The lowest BCUT2D eigenvalue weighted by Crippen LogP contribution is -2.17. The van der Waals surface area contributed by atoms with Crippen molar-refractivity contribution >= 4 is 17.8 Å². The second-order valence-electron chi connectivity index (χ2n) is 5.55. The van der Waals surface area contributed by atoms with E-state index in [0.717, 1.165) is 24.4 Å². The predicted molar refractivity (Wildman–Crippen MR) is 97.1 cm³/mol. The summed E-state index contributed by atoms with van der Waals surface area (Å²) >= 11 is 0. The molecule has 1 amide bonds. The molecule has 9 heteroatoms. The molecule has 1 heterocycles. The number of benzene rings is 2. The van der Waals surface area contributed by atoms with Crippen LogP contribution in [0.25, 0.3) is 0 Å². The molecule has 28 heavy (non-hydrogen) atoms. The van der Waals surface area contributed by atoms with E-state index in [4.69, 9.17) is 9.15 Å². The largest absolute Gasteiger partial charge is 0.872 e. The van der Waals surface area contributed by atoms with Crippen LogP contribution < -0.4 is 15.3 Å². The second kappa shape index (κ2) is 8.49. The van der Waals surface area contributed by atoms with E-state index in [1.54, 1.807) is 18.2 Å². The summed E-state index contributed by atoms with van der Waals surface area (Å²) in [5.74, 6) is 0.0191. The van der Waals surface area contributed by atoms with Gasteiger partial charge in [-0.2, -0.15) is 5.10 Å². The van der Waals surface area contributed by atoms with Gasteiger partial charge in [-0.1, -0.05) is 30.0 Å². The normalized spacial score (nSPS) is 10.7. The maximum Gasteiger partial charge on any atom is 0.307 e. The smallest absolute Gasteiger partial charge is 0.307 e. The highest BCUT2D eigenvalue weighted by Gasteiger charge is 2.11. The summed E-state index contributed by atoms with van der Waals surface area (Å²) in [5, 5.41) is 26.1. The van der Waals surface area contributed by atoms with Crippen molar-refractivity contribution in [3.8, 4) is 11.5 Å². The molecule has 0 bridgehead atoms. The molecule has 0 fully saturated rings. The van der Waals surface area contributed by atoms with E-state index >= 15 is 0 Å². The topological polar surface area (TPSA) is 130 Å². The number of ether oxygens (including phenoxy) is 1. The number of carbonyl (C=O) groups excluding carboxylic acids is 1. The van der Waals surface area contributed by atoms with Gasteiger partial charge in [0.2, 0.25) is 0 Å². The van der Waals surface area contributed by atoms with Crippen LogP contribution >= 0.6 is 0 Å². The SMILES string of the molecule is O=C(N/N=C\c1cc([N+](=O)[O-])ccc1[O-])c1ccc(COc2ccccc2)o1. The third kappa shape index (κ3) is 4.73. The van der Waals surface area contributed by atoms with Gasteiger partial charge in [0, 0.05) is 12.1 Å². The fourth-order valence-corrected chi connectivity index (χ4v) is 2.21. The van der Waals surface area contributed by atoms with Gasteiger partial charge >= 0.3 is 5.91 Å². The first-order valence-corrected chi connectivity index (χ1v) is 8.08. The Balaban J connectivity index is 1.58. The molecule has 3 aromatic rings. The van der Waals surface area contributed by atoms with Crippen molar-refractivity contribution in [3.63, 3.8) is 0 Å². The molecule has 9 nitrogen and oxygen atoms in total. The molecule has 0 unspecified atom stereocenters. The van der Waals surface area contributed by atoms with Gasteiger partial charge in [-0.05, 0) is 29.8 Å². The molecule has 0 aliphatic carbocycles. The van der Waals surface area contributed by atoms with Crippen molar-refractivity contribution in [3.05, 3.63) is 87.9 Å². The molecule has 3 rings (SSSR count). The molecular formula is C19H14N3O6-. The van der Waals surface area contributed by atoms with Crippen LogP contribution in [-0.4, -0.2) is 17.0 Å². The fraction of sp³-hybridized carbons (Fsp3) is 0.0526. The van der Waals surface area contributed by atoms with Crippen LogP contribution in [0.4, 0.5) is 5.69 Å². The second-order valence-corrected chi connectivity index (χ2v) is 5.55. The van der Waals surface area contributed by atoms with Crippen LogP contribution in [0, 0.1) is 10.1 Å². The van der Waals surface area contributed by atoms with Crippen LogP contribution in [0.15, 0.2) is 70.2 Å². The van der Waals surface area contributed by atoms with E-state index in [2.05, 4.69) is 10.5 Å². The zero-order chi connectivity index (χ0) is 19.9. The first-order chi connectivity index (χ1) is 13.5. The minimum absolute atomic E-state index is 0.00482. The number of nitro groups is 1. The molecular weight excluding hydrogens is 366 g/mol. The number of hydrogen-bond acceptors (Lipinski definition) is 7. The van der Waals surface area contributed by atoms with E-state index in [1.165, 1.54) is 6.07 Å². The Morgan fingerprint density at radius 2 is 1.96 bits per heavy atom. The highest BCUT2D eigenvalue weighted by molar-refractivity contribution is 5.92. The highest BCUT2D eigenvalue weighted by Crippen LogP contribution is 2.19. The zero-order valence-corrected chi connectivity index (χ0v) is 14.4. The van der Waals surface area contributed by atoms with Gasteiger partial charge in [-0.25, -0.2) is 5.43 Å². The van der Waals surface area contributed by atoms with Crippen molar-refractivity contribution in [2.24, 2.45) is 5.10 Å².